The smallest absolute Gasteiger partial charge is 0.357 e. The summed E-state index contributed by atoms with van der Waals surface area (Å²) in [6.07, 6.45) is 1.34. The Balaban J connectivity index is 0.00000185. The summed E-state index contributed by atoms with van der Waals surface area (Å²) in [6.45, 7) is 0.864. The second-order valence-corrected chi connectivity index (χ2v) is 10.5. The van der Waals surface area contributed by atoms with Gasteiger partial charge < -0.3 is 34.7 Å². The van der Waals surface area contributed by atoms with Crippen LogP contribution in [-0.2, 0) is 30.9 Å². The maximum absolute atomic E-state index is 13.6. The van der Waals surface area contributed by atoms with Crippen molar-refractivity contribution >= 4 is 36.8 Å². The number of rotatable bonds is 7. The minimum atomic E-state index is -1.26. The number of piperidine rings is 1. The molecule has 1 saturated heterocycles. The minimum Gasteiger partial charge on any atom is -0.493 e. The van der Waals surface area contributed by atoms with Gasteiger partial charge in [-0.3, -0.25) is 4.79 Å². The number of likely N-dealkylation sites (N-methyl/N-ethyl adjacent to an activating group) is 1. The van der Waals surface area contributed by atoms with Gasteiger partial charge in [-0.2, -0.15) is 0 Å². The van der Waals surface area contributed by atoms with E-state index in [-0.39, 0.29) is 43.8 Å². The molecule has 2 aromatic carbocycles. The molecule has 2 aliphatic heterocycles. The fourth-order valence-corrected chi connectivity index (χ4v) is 6.95. The highest BCUT2D eigenvalue weighted by molar-refractivity contribution is 5.85. The van der Waals surface area contributed by atoms with Crippen molar-refractivity contribution in [3.05, 3.63) is 71.0 Å². The first kappa shape index (κ1) is 30.1. The zero-order valence-electron chi connectivity index (χ0n) is 22.3. The number of aliphatic hydroxyl groups is 1. The molecule has 0 radical (unpaired) electrons. The summed E-state index contributed by atoms with van der Waals surface area (Å²) in [5, 5.41) is 12.3. The monoisotopic (exact) mass is 592 g/mol. The van der Waals surface area contributed by atoms with Crippen LogP contribution < -0.4 is 15.2 Å². The molecule has 40 heavy (non-hydrogen) atoms. The Morgan fingerprint density at radius 2 is 1.95 bits per heavy atom. The highest BCUT2D eigenvalue weighted by Gasteiger charge is 2.72. The maximum Gasteiger partial charge on any atom is 0.357 e. The lowest BCUT2D eigenvalue weighted by atomic mass is 9.50. The molecule has 0 saturated carbocycles. The van der Waals surface area contributed by atoms with Crippen LogP contribution >= 0.6 is 24.8 Å². The molecular weight excluding hydrogens is 559 g/mol. The number of ether oxygens (including phenoxy) is 4. The third-order valence-corrected chi connectivity index (χ3v) is 8.69. The van der Waals surface area contributed by atoms with Crippen LogP contribution in [0.2, 0.25) is 0 Å². The van der Waals surface area contributed by atoms with Crippen LogP contribution in [0.15, 0.2) is 54.3 Å². The second kappa shape index (κ2) is 11.2. The normalized spacial score (nSPS) is 27.9. The molecule has 2 bridgehead atoms. The van der Waals surface area contributed by atoms with Crippen molar-refractivity contribution in [1.29, 1.82) is 0 Å². The fourth-order valence-electron chi connectivity index (χ4n) is 6.95. The SMILES string of the molecule is COc1ccc2c3c1O[C@H]1C(OC(=O)C(OC(=O)CCN)c4ccccc4)=CC[C@@]4(O)[C@@H](C2)N(C)CC[C@]314.Cl.Cl. The van der Waals surface area contributed by atoms with E-state index in [1.54, 1.807) is 37.5 Å². The summed E-state index contributed by atoms with van der Waals surface area (Å²) in [7, 11) is 3.62. The molecule has 0 aromatic heterocycles. The van der Waals surface area contributed by atoms with Crippen LogP contribution in [0.5, 0.6) is 11.5 Å². The zero-order valence-corrected chi connectivity index (χ0v) is 24.0. The molecule has 1 fully saturated rings. The number of nitrogens with zero attached hydrogens (tertiary/aromatic N) is 1. The zero-order chi connectivity index (χ0) is 26.7. The summed E-state index contributed by atoms with van der Waals surface area (Å²) in [6, 6.07) is 12.6. The van der Waals surface area contributed by atoms with Crippen molar-refractivity contribution < 1.29 is 33.6 Å². The van der Waals surface area contributed by atoms with Crippen molar-refractivity contribution in [3.8, 4) is 11.5 Å². The Labute approximate surface area is 245 Å². The van der Waals surface area contributed by atoms with E-state index in [1.807, 2.05) is 25.2 Å². The van der Waals surface area contributed by atoms with E-state index in [0.29, 0.717) is 42.1 Å². The Bertz CT molecular complexity index is 1320. The third-order valence-electron chi connectivity index (χ3n) is 8.69. The van der Waals surface area contributed by atoms with Gasteiger partial charge in [0.2, 0.25) is 6.10 Å². The van der Waals surface area contributed by atoms with Gasteiger partial charge in [0, 0.05) is 30.1 Å². The van der Waals surface area contributed by atoms with E-state index in [1.165, 1.54) is 0 Å². The minimum absolute atomic E-state index is 0. The number of likely N-dealkylation sites (tertiary alicyclic amines) is 1. The van der Waals surface area contributed by atoms with Crippen molar-refractivity contribution in [2.75, 3.05) is 27.2 Å². The molecule has 0 amide bonds. The maximum atomic E-state index is 13.6. The summed E-state index contributed by atoms with van der Waals surface area (Å²) < 4.78 is 23.7. The first-order valence-electron chi connectivity index (χ1n) is 13.0. The number of methoxy groups -OCH3 is 1. The summed E-state index contributed by atoms with van der Waals surface area (Å²) >= 11 is 0. The quantitative estimate of drug-likeness (QED) is 0.467. The molecular formula is C29H34Cl2N2O7. The number of nitrogens with two attached hydrogens (primary N) is 1. The number of carbonyl (C=O) groups is 2. The lowest BCUT2D eigenvalue weighted by molar-refractivity contribution is -0.176. The van der Waals surface area contributed by atoms with Crippen molar-refractivity contribution in [2.24, 2.45) is 5.73 Å². The molecule has 216 valence electrons. The van der Waals surface area contributed by atoms with E-state index in [0.717, 1.165) is 17.7 Å². The van der Waals surface area contributed by atoms with E-state index in [2.05, 4.69) is 4.90 Å². The number of benzene rings is 2. The summed E-state index contributed by atoms with van der Waals surface area (Å²) in [5.74, 6) is 0.157. The van der Waals surface area contributed by atoms with E-state index in [4.69, 9.17) is 24.7 Å². The van der Waals surface area contributed by atoms with Crippen molar-refractivity contribution in [1.82, 2.24) is 4.90 Å². The Morgan fingerprint density at radius 3 is 2.65 bits per heavy atom. The topological polar surface area (TPSA) is 121 Å². The van der Waals surface area contributed by atoms with Gasteiger partial charge in [0.05, 0.1) is 24.5 Å². The van der Waals surface area contributed by atoms with E-state index >= 15 is 0 Å². The molecule has 11 heteroatoms. The number of carbonyl (C=O) groups excluding carboxylic acids is 2. The first-order chi connectivity index (χ1) is 18.3. The van der Waals surface area contributed by atoms with Gasteiger partial charge in [-0.25, -0.2) is 4.79 Å². The van der Waals surface area contributed by atoms with Crippen molar-refractivity contribution in [3.63, 3.8) is 0 Å². The molecule has 6 rings (SSSR count). The van der Waals surface area contributed by atoms with Gasteiger partial charge in [-0.15, -0.1) is 24.8 Å². The Morgan fingerprint density at radius 1 is 1.20 bits per heavy atom. The molecule has 9 nitrogen and oxygen atoms in total. The van der Waals surface area contributed by atoms with Gasteiger partial charge in [-0.05, 0) is 44.1 Å². The van der Waals surface area contributed by atoms with Gasteiger partial charge in [0.25, 0.3) is 0 Å². The Hall–Kier alpha value is -2.82. The molecule has 3 N–H and O–H groups in total. The van der Waals surface area contributed by atoms with Crippen LogP contribution in [0.1, 0.15) is 42.1 Å². The largest absolute Gasteiger partial charge is 0.493 e. The number of halogens is 2. The lowest BCUT2D eigenvalue weighted by Gasteiger charge is -2.61. The molecule has 2 heterocycles. The second-order valence-electron chi connectivity index (χ2n) is 10.5. The van der Waals surface area contributed by atoms with Crippen LogP contribution in [0.4, 0.5) is 0 Å². The third kappa shape index (κ3) is 4.26. The van der Waals surface area contributed by atoms with Crippen LogP contribution in [0, 0.1) is 0 Å². The van der Waals surface area contributed by atoms with Gasteiger partial charge >= 0.3 is 11.9 Å². The van der Waals surface area contributed by atoms with Crippen LogP contribution in [0.25, 0.3) is 0 Å². The number of esters is 2. The predicted octanol–water partition coefficient (Wildman–Crippen LogP) is 2.99. The van der Waals surface area contributed by atoms with E-state index in [9.17, 15) is 14.7 Å². The molecule has 2 aliphatic carbocycles. The standard InChI is InChI=1S/C29H32N2O7.2ClH/c1-31-15-13-28-23-18-8-9-19(35-2)25(23)38-26(28)20(10-12-29(28,34)21(31)16-18)36-27(33)24(37-22(32)11-14-30)17-6-4-3-5-7-17;;/h3-10,21,24,26,34H,11-16,30H2,1-2H3;2*1H/t21-,24?,26+,28+,29-;;/m1../s1. The molecule has 5 atom stereocenters. The summed E-state index contributed by atoms with van der Waals surface area (Å²) in [5.41, 5.74) is 6.14. The summed E-state index contributed by atoms with van der Waals surface area (Å²) in [4.78, 5) is 28.1. The predicted molar refractivity (Wildman–Crippen MR) is 151 cm³/mol. The highest BCUT2D eigenvalue weighted by atomic mass is 35.5. The molecule has 1 unspecified atom stereocenters. The number of hydrogen-bond donors (Lipinski definition) is 2. The molecule has 4 aliphatic rings. The average molecular weight is 594 g/mol. The first-order valence-corrected chi connectivity index (χ1v) is 13.0. The Kier molecular flexibility index (Phi) is 8.45. The fraction of sp³-hybridized carbons (Fsp3) is 0.448. The van der Waals surface area contributed by atoms with Gasteiger partial charge in [0.1, 0.15) is 5.76 Å². The average Bonchev–Trinajstić information content (AvgIpc) is 3.27. The van der Waals surface area contributed by atoms with Gasteiger partial charge in [-0.1, -0.05) is 36.4 Å². The van der Waals surface area contributed by atoms with Crippen LogP contribution in [-0.4, -0.2) is 66.9 Å². The molecule has 2 aromatic rings. The lowest BCUT2D eigenvalue weighted by Crippen LogP contribution is -2.74. The number of hydrogen-bond acceptors (Lipinski definition) is 9. The van der Waals surface area contributed by atoms with Crippen molar-refractivity contribution in [2.45, 2.75) is 54.9 Å². The van der Waals surface area contributed by atoms with Gasteiger partial charge in [0.15, 0.2) is 17.6 Å². The van der Waals surface area contributed by atoms with E-state index < -0.39 is 35.2 Å². The highest BCUT2D eigenvalue weighted by Crippen LogP contribution is 2.65. The molecule has 1 spiro atoms. The van der Waals surface area contributed by atoms with Crippen LogP contribution in [0.3, 0.4) is 0 Å².